The first-order valence-corrected chi connectivity index (χ1v) is 5.73. The first kappa shape index (κ1) is 18.6. The molecule has 1 saturated heterocycles. The van der Waals surface area contributed by atoms with E-state index in [-0.39, 0.29) is 13.2 Å². The molecule has 116 valence electrons. The number of hydrogen-bond donors (Lipinski definition) is 8. The molecule has 1 aliphatic rings. The fourth-order valence-electron chi connectivity index (χ4n) is 1.30. The minimum absolute atomic E-state index is 0.117. The number of hydrogen-bond acceptors (Lipinski definition) is 9. The van der Waals surface area contributed by atoms with Gasteiger partial charge in [-0.05, 0) is 0 Å². The van der Waals surface area contributed by atoms with E-state index in [9.17, 15) is 0 Å². The van der Waals surface area contributed by atoms with Gasteiger partial charge in [-0.1, -0.05) is 0 Å². The van der Waals surface area contributed by atoms with Crippen molar-refractivity contribution in [3.63, 3.8) is 0 Å². The molecule has 0 spiro atoms. The Morgan fingerprint density at radius 3 is 1.63 bits per heavy atom. The Kier molecular flexibility index (Phi) is 9.35. The average Bonchev–Trinajstić information content (AvgIpc) is 2.76. The Hall–Kier alpha value is -0.360. The lowest BCUT2D eigenvalue weighted by molar-refractivity contribution is -0.0900. The van der Waals surface area contributed by atoms with Crippen LogP contribution in [0.15, 0.2) is 0 Å². The van der Waals surface area contributed by atoms with Crippen molar-refractivity contribution in [3.05, 3.63) is 0 Å². The third-order valence-corrected chi connectivity index (χ3v) is 2.60. The SMILES string of the molecule is OC[C@@H](O)C(O)[C@@H](O)CO.OC[C@H]1OC[C@H](O)[C@H]1O. The van der Waals surface area contributed by atoms with Crippen LogP contribution in [0.3, 0.4) is 0 Å². The minimum atomic E-state index is -1.49. The summed E-state index contributed by atoms with van der Waals surface area (Å²) in [4.78, 5) is 0. The van der Waals surface area contributed by atoms with Crippen molar-refractivity contribution >= 4 is 0 Å². The zero-order valence-electron chi connectivity index (χ0n) is 10.3. The van der Waals surface area contributed by atoms with Crippen molar-refractivity contribution in [2.24, 2.45) is 0 Å². The quantitative estimate of drug-likeness (QED) is 0.247. The standard InChI is InChI=1S/C5H12O5.C5H10O4/c6-1-3(8)5(10)4(9)2-7;6-1-4-5(8)3(7)2-9-4/h3-10H,1-2H2;3-8H,1-2H2/t3-,4+,5?;3-,4+,5+/m.0/s1. The first-order chi connectivity index (χ1) is 8.88. The van der Waals surface area contributed by atoms with Crippen LogP contribution in [-0.4, -0.2) is 104 Å². The van der Waals surface area contributed by atoms with E-state index >= 15 is 0 Å². The van der Waals surface area contributed by atoms with Crippen molar-refractivity contribution in [2.45, 2.75) is 36.6 Å². The van der Waals surface area contributed by atoms with Gasteiger partial charge >= 0.3 is 0 Å². The Bertz CT molecular complexity index is 217. The molecule has 0 bridgehead atoms. The highest BCUT2D eigenvalue weighted by atomic mass is 16.5. The van der Waals surface area contributed by atoms with E-state index in [0.717, 1.165) is 0 Å². The summed E-state index contributed by atoms with van der Waals surface area (Å²) in [5.41, 5.74) is 0. The molecule has 9 nitrogen and oxygen atoms in total. The second-order valence-corrected chi connectivity index (χ2v) is 4.10. The molecule has 6 atom stereocenters. The molecule has 0 aromatic heterocycles. The second kappa shape index (κ2) is 9.53. The Balaban J connectivity index is 0.000000342. The lowest BCUT2D eigenvalue weighted by Gasteiger charge is -2.19. The Labute approximate surface area is 109 Å². The van der Waals surface area contributed by atoms with Crippen LogP contribution in [0.5, 0.6) is 0 Å². The van der Waals surface area contributed by atoms with Gasteiger partial charge in [0, 0.05) is 0 Å². The van der Waals surface area contributed by atoms with E-state index in [1.807, 2.05) is 0 Å². The summed E-state index contributed by atoms with van der Waals surface area (Å²) < 4.78 is 4.78. The monoisotopic (exact) mass is 286 g/mol. The van der Waals surface area contributed by atoms with E-state index < -0.39 is 49.8 Å². The highest BCUT2D eigenvalue weighted by Gasteiger charge is 2.33. The van der Waals surface area contributed by atoms with E-state index in [0.29, 0.717) is 0 Å². The molecule has 1 unspecified atom stereocenters. The average molecular weight is 286 g/mol. The van der Waals surface area contributed by atoms with Gasteiger partial charge in [-0.15, -0.1) is 0 Å². The van der Waals surface area contributed by atoms with Crippen molar-refractivity contribution < 1.29 is 45.6 Å². The van der Waals surface area contributed by atoms with Crippen LogP contribution in [-0.2, 0) is 4.74 Å². The molecule has 1 aliphatic heterocycles. The molecule has 1 heterocycles. The molecule has 0 aliphatic carbocycles. The number of ether oxygens (including phenoxy) is 1. The first-order valence-electron chi connectivity index (χ1n) is 5.73. The molecule has 8 N–H and O–H groups in total. The molecular formula is C10H22O9. The number of aliphatic hydroxyl groups is 8. The predicted octanol–water partition coefficient (Wildman–Crippen LogP) is -4.85. The molecule has 0 amide bonds. The lowest BCUT2D eigenvalue weighted by atomic mass is 10.1. The topological polar surface area (TPSA) is 171 Å². The van der Waals surface area contributed by atoms with Crippen molar-refractivity contribution in [1.82, 2.24) is 0 Å². The van der Waals surface area contributed by atoms with E-state index in [1.54, 1.807) is 0 Å². The molecule has 0 radical (unpaired) electrons. The highest BCUT2D eigenvalue weighted by Crippen LogP contribution is 2.12. The highest BCUT2D eigenvalue weighted by molar-refractivity contribution is 4.82. The fourth-order valence-corrected chi connectivity index (χ4v) is 1.30. The minimum Gasteiger partial charge on any atom is -0.394 e. The summed E-state index contributed by atoms with van der Waals surface area (Å²) in [6.07, 6.45) is -6.64. The zero-order valence-corrected chi connectivity index (χ0v) is 10.3. The van der Waals surface area contributed by atoms with Gasteiger partial charge in [0.25, 0.3) is 0 Å². The van der Waals surface area contributed by atoms with E-state index in [1.165, 1.54) is 0 Å². The van der Waals surface area contributed by atoms with Crippen LogP contribution >= 0.6 is 0 Å². The third kappa shape index (κ3) is 6.08. The van der Waals surface area contributed by atoms with Gasteiger partial charge in [-0.25, -0.2) is 0 Å². The molecule has 1 rings (SSSR count). The van der Waals surface area contributed by atoms with Crippen LogP contribution in [0.2, 0.25) is 0 Å². The molecule has 19 heavy (non-hydrogen) atoms. The van der Waals surface area contributed by atoms with Gasteiger partial charge < -0.3 is 45.6 Å². The van der Waals surface area contributed by atoms with E-state index in [4.69, 9.17) is 45.6 Å². The second-order valence-electron chi connectivity index (χ2n) is 4.10. The fraction of sp³-hybridized carbons (Fsp3) is 1.00. The van der Waals surface area contributed by atoms with Crippen molar-refractivity contribution in [1.29, 1.82) is 0 Å². The largest absolute Gasteiger partial charge is 0.394 e. The van der Waals surface area contributed by atoms with E-state index in [2.05, 4.69) is 0 Å². The molecule has 0 aromatic carbocycles. The molecule has 1 fully saturated rings. The zero-order chi connectivity index (χ0) is 15.0. The number of aliphatic hydroxyl groups excluding tert-OH is 8. The van der Waals surface area contributed by atoms with Gasteiger partial charge in [-0.3, -0.25) is 0 Å². The summed E-state index contributed by atoms with van der Waals surface area (Å²) in [6.45, 7) is -1.40. The van der Waals surface area contributed by atoms with Crippen LogP contribution < -0.4 is 0 Å². The molecule has 0 aromatic rings. The smallest absolute Gasteiger partial charge is 0.110 e. The molecular weight excluding hydrogens is 264 g/mol. The maximum atomic E-state index is 8.92. The molecule has 0 saturated carbocycles. The maximum Gasteiger partial charge on any atom is 0.110 e. The van der Waals surface area contributed by atoms with Gasteiger partial charge in [0.05, 0.1) is 26.4 Å². The maximum absolute atomic E-state index is 8.92. The van der Waals surface area contributed by atoms with Crippen molar-refractivity contribution in [3.8, 4) is 0 Å². The van der Waals surface area contributed by atoms with Gasteiger partial charge in [0.1, 0.15) is 36.6 Å². The van der Waals surface area contributed by atoms with Crippen molar-refractivity contribution in [2.75, 3.05) is 26.4 Å². The molecule has 9 heteroatoms. The van der Waals surface area contributed by atoms with Crippen LogP contribution in [0.25, 0.3) is 0 Å². The normalized spacial score (nSPS) is 31.3. The Morgan fingerprint density at radius 2 is 1.42 bits per heavy atom. The van der Waals surface area contributed by atoms with Gasteiger partial charge in [0.15, 0.2) is 0 Å². The summed E-state index contributed by atoms with van der Waals surface area (Å²) >= 11 is 0. The number of rotatable bonds is 5. The third-order valence-electron chi connectivity index (χ3n) is 2.60. The van der Waals surface area contributed by atoms with Crippen LogP contribution in [0, 0.1) is 0 Å². The lowest BCUT2D eigenvalue weighted by Crippen LogP contribution is -2.41. The summed E-state index contributed by atoms with van der Waals surface area (Å²) in [6, 6.07) is 0. The van der Waals surface area contributed by atoms with Gasteiger partial charge in [-0.2, -0.15) is 0 Å². The van der Waals surface area contributed by atoms with Crippen LogP contribution in [0.1, 0.15) is 0 Å². The van der Waals surface area contributed by atoms with Crippen LogP contribution in [0.4, 0.5) is 0 Å². The summed E-state index contributed by atoms with van der Waals surface area (Å²) in [7, 11) is 0. The summed E-state index contributed by atoms with van der Waals surface area (Å²) in [5, 5.41) is 68.8. The predicted molar refractivity (Wildman–Crippen MR) is 61.0 cm³/mol. The Morgan fingerprint density at radius 1 is 0.947 bits per heavy atom. The summed E-state index contributed by atoms with van der Waals surface area (Å²) in [5.74, 6) is 0. The van der Waals surface area contributed by atoms with Gasteiger partial charge in [0.2, 0.25) is 0 Å².